The Morgan fingerprint density at radius 1 is 0.976 bits per heavy atom. The van der Waals surface area contributed by atoms with Gasteiger partial charge in [0.05, 0.1) is 11.0 Å². The number of nitrogens with zero attached hydrogens (tertiary/aromatic N) is 4. The van der Waals surface area contributed by atoms with Crippen LogP contribution in [0, 0.1) is 13.8 Å². The molecule has 12 heteroatoms. The van der Waals surface area contributed by atoms with Crippen molar-refractivity contribution in [2.45, 2.75) is 20.0 Å². The van der Waals surface area contributed by atoms with Crippen LogP contribution in [-0.2, 0) is 7.05 Å². The van der Waals surface area contributed by atoms with E-state index in [9.17, 15) is 18.0 Å². The molecule has 5 rings (SSSR count). The average molecular weight is 581 g/mol. The van der Waals surface area contributed by atoms with Crippen molar-refractivity contribution < 1.29 is 30.3 Å². The van der Waals surface area contributed by atoms with Crippen molar-refractivity contribution in [3.05, 3.63) is 83.9 Å². The molecule has 0 saturated heterocycles. The highest BCUT2D eigenvalue weighted by molar-refractivity contribution is 5.92. The van der Waals surface area contributed by atoms with Crippen LogP contribution in [0.25, 0.3) is 22.2 Å². The molecule has 0 atom stereocenters. The minimum atomic E-state index is -4.48. The molecule has 0 bridgehead atoms. The van der Waals surface area contributed by atoms with E-state index in [1.165, 1.54) is 19.3 Å². The van der Waals surface area contributed by atoms with Gasteiger partial charge in [-0.25, -0.2) is 4.98 Å². The summed E-state index contributed by atoms with van der Waals surface area (Å²) < 4.78 is 51.8. The van der Waals surface area contributed by atoms with Gasteiger partial charge in [0.25, 0.3) is 5.91 Å². The second-order valence-corrected chi connectivity index (χ2v) is 9.53. The largest absolute Gasteiger partial charge is 0.483 e. The zero-order valence-corrected chi connectivity index (χ0v) is 23.2. The molecule has 2 aromatic carbocycles. The van der Waals surface area contributed by atoms with Crippen LogP contribution in [0.1, 0.15) is 24.7 Å². The molecule has 1 amide bonds. The number of alkyl halides is 3. The Kier molecular flexibility index (Phi) is 7.70. The van der Waals surface area contributed by atoms with Crippen LogP contribution in [-0.4, -0.2) is 45.3 Å². The second-order valence-electron chi connectivity index (χ2n) is 9.53. The lowest BCUT2D eigenvalue weighted by Crippen LogP contribution is -2.19. The third kappa shape index (κ3) is 6.27. The van der Waals surface area contributed by atoms with Gasteiger partial charge in [0.15, 0.2) is 6.61 Å². The lowest BCUT2D eigenvalue weighted by atomic mass is 10.0. The van der Waals surface area contributed by atoms with Crippen molar-refractivity contribution in [2.24, 2.45) is 7.05 Å². The summed E-state index contributed by atoms with van der Waals surface area (Å²) in [5, 5.41) is 5.78. The number of aryl methyl sites for hydroxylation is 3. The lowest BCUT2D eigenvalue weighted by molar-refractivity contribution is -0.153. The van der Waals surface area contributed by atoms with E-state index < -0.39 is 12.8 Å². The summed E-state index contributed by atoms with van der Waals surface area (Å²) >= 11 is 0. The van der Waals surface area contributed by atoms with Gasteiger partial charge in [-0.1, -0.05) is 6.07 Å². The molecule has 0 saturated carbocycles. The molecule has 0 radical (unpaired) electrons. The standard InChI is InChI=1S/C30H27F3N6O3.2H2/c1-17-5-8-22(18(2)36-17)23-13-19(6-10-27(23)41-16-30(31,32)33)37-29-38-24-14-20(7-9-26(24)39(29)4)42-21-11-12-35-25(15-21)28(40)34-3;;/h5-15H,16H2,1-4H3,(H,34,40)(H,37,38);2*1H. The van der Waals surface area contributed by atoms with Gasteiger partial charge in [-0.05, 0) is 56.3 Å². The lowest BCUT2D eigenvalue weighted by Gasteiger charge is -2.16. The van der Waals surface area contributed by atoms with Crippen molar-refractivity contribution >= 4 is 28.6 Å². The monoisotopic (exact) mass is 580 g/mol. The first-order chi connectivity index (χ1) is 20.0. The van der Waals surface area contributed by atoms with Gasteiger partial charge < -0.3 is 24.7 Å². The zero-order valence-electron chi connectivity index (χ0n) is 23.2. The number of imidazole rings is 1. The SMILES string of the molecule is CNC(=O)c1cc(Oc2ccc3c(c2)nc(Nc2ccc(OCC(F)(F)F)c(-c4ccc(C)nc4C)c2)n3C)ccn1.[HH].[HH]. The Bertz CT molecular complexity index is 1800. The number of carbonyl (C=O) groups excluding carboxylic acids is 1. The fourth-order valence-corrected chi connectivity index (χ4v) is 4.42. The van der Waals surface area contributed by atoms with Crippen LogP contribution in [0.2, 0.25) is 0 Å². The number of carbonyl (C=O) groups is 1. The van der Waals surface area contributed by atoms with Gasteiger partial charge in [-0.15, -0.1) is 0 Å². The number of nitrogens with one attached hydrogen (secondary N) is 2. The van der Waals surface area contributed by atoms with Crippen LogP contribution >= 0.6 is 0 Å². The topological polar surface area (TPSA) is 103 Å². The third-order valence-corrected chi connectivity index (χ3v) is 6.42. The van der Waals surface area contributed by atoms with E-state index in [0.29, 0.717) is 45.5 Å². The number of hydrogen-bond donors (Lipinski definition) is 2. The molecule has 0 aliphatic carbocycles. The number of halogens is 3. The normalized spacial score (nSPS) is 11.4. The Balaban J connectivity index is 0.00000264. The van der Waals surface area contributed by atoms with Gasteiger partial charge in [-0.2, -0.15) is 13.2 Å². The quantitative estimate of drug-likeness (QED) is 0.204. The van der Waals surface area contributed by atoms with Gasteiger partial charge in [0, 0.05) is 63.5 Å². The Hall–Kier alpha value is -5.13. The highest BCUT2D eigenvalue weighted by Crippen LogP contribution is 2.36. The van der Waals surface area contributed by atoms with Gasteiger partial charge in [0.2, 0.25) is 5.95 Å². The summed E-state index contributed by atoms with van der Waals surface area (Å²) in [5.74, 6) is 1.22. The van der Waals surface area contributed by atoms with Crippen LogP contribution < -0.4 is 20.1 Å². The van der Waals surface area contributed by atoms with Gasteiger partial charge >= 0.3 is 6.18 Å². The van der Waals surface area contributed by atoms with E-state index in [-0.39, 0.29) is 20.2 Å². The van der Waals surface area contributed by atoms with Crippen LogP contribution in [0.15, 0.2) is 66.9 Å². The number of aromatic nitrogens is 4. The van der Waals surface area contributed by atoms with Crippen LogP contribution in [0.5, 0.6) is 17.2 Å². The molecule has 220 valence electrons. The predicted octanol–water partition coefficient (Wildman–Crippen LogP) is 6.98. The van der Waals surface area contributed by atoms with E-state index in [2.05, 4.69) is 20.6 Å². The molecule has 9 nitrogen and oxygen atoms in total. The summed E-state index contributed by atoms with van der Waals surface area (Å²) in [6.07, 6.45) is -2.99. The summed E-state index contributed by atoms with van der Waals surface area (Å²) in [6, 6.07) is 17.0. The molecule has 2 N–H and O–H groups in total. The molecular formula is C30H31F3N6O3. The van der Waals surface area contributed by atoms with Crippen molar-refractivity contribution in [1.82, 2.24) is 24.8 Å². The molecule has 5 aromatic rings. The second kappa shape index (κ2) is 11.4. The fraction of sp³-hybridized carbons (Fsp3) is 0.200. The summed E-state index contributed by atoms with van der Waals surface area (Å²) in [6.45, 7) is 2.23. The Labute approximate surface area is 242 Å². The molecule has 0 unspecified atom stereocenters. The van der Waals surface area contributed by atoms with Crippen molar-refractivity contribution in [3.8, 4) is 28.4 Å². The van der Waals surface area contributed by atoms with Crippen molar-refractivity contribution in [1.29, 1.82) is 0 Å². The van der Waals surface area contributed by atoms with Crippen molar-refractivity contribution in [2.75, 3.05) is 19.0 Å². The molecule has 0 aliphatic rings. The highest BCUT2D eigenvalue weighted by atomic mass is 19.4. The predicted molar refractivity (Wildman–Crippen MR) is 157 cm³/mol. The number of benzene rings is 2. The van der Waals surface area contributed by atoms with Gasteiger partial charge in [0.1, 0.15) is 22.9 Å². The number of ether oxygens (including phenoxy) is 2. The molecule has 0 aliphatic heterocycles. The Morgan fingerprint density at radius 3 is 2.50 bits per heavy atom. The number of anilines is 2. The maximum atomic E-state index is 12.9. The molecule has 3 heterocycles. The summed E-state index contributed by atoms with van der Waals surface area (Å²) in [7, 11) is 3.36. The fourth-order valence-electron chi connectivity index (χ4n) is 4.42. The van der Waals surface area contributed by atoms with E-state index >= 15 is 0 Å². The maximum Gasteiger partial charge on any atom is 0.422 e. The first kappa shape index (κ1) is 28.4. The molecule has 3 aromatic heterocycles. The number of rotatable bonds is 8. The molecule has 0 fully saturated rings. The third-order valence-electron chi connectivity index (χ3n) is 6.42. The smallest absolute Gasteiger partial charge is 0.422 e. The highest BCUT2D eigenvalue weighted by Gasteiger charge is 2.29. The minimum absolute atomic E-state index is 0. The molecule has 0 spiro atoms. The Morgan fingerprint density at radius 2 is 1.76 bits per heavy atom. The number of hydrogen-bond acceptors (Lipinski definition) is 7. The first-order valence-electron chi connectivity index (χ1n) is 12.9. The number of pyridine rings is 2. The van der Waals surface area contributed by atoms with E-state index in [4.69, 9.17) is 14.5 Å². The van der Waals surface area contributed by atoms with Crippen LogP contribution in [0.4, 0.5) is 24.8 Å². The van der Waals surface area contributed by atoms with E-state index in [1.54, 1.807) is 49.4 Å². The van der Waals surface area contributed by atoms with Gasteiger partial charge in [-0.3, -0.25) is 14.8 Å². The summed E-state index contributed by atoms with van der Waals surface area (Å²) in [4.78, 5) is 25.1. The number of fused-ring (bicyclic) bond motifs is 1. The summed E-state index contributed by atoms with van der Waals surface area (Å²) in [5.41, 5.74) is 4.86. The molecule has 42 heavy (non-hydrogen) atoms. The van der Waals surface area contributed by atoms with E-state index in [1.807, 2.05) is 30.7 Å². The maximum absolute atomic E-state index is 12.9. The molecular weight excluding hydrogens is 549 g/mol. The van der Waals surface area contributed by atoms with E-state index in [0.717, 1.165) is 11.2 Å². The average Bonchev–Trinajstić information content (AvgIpc) is 3.25. The minimum Gasteiger partial charge on any atom is -0.483 e. The number of amides is 1. The van der Waals surface area contributed by atoms with Crippen molar-refractivity contribution in [3.63, 3.8) is 0 Å². The first-order valence-corrected chi connectivity index (χ1v) is 12.9. The van der Waals surface area contributed by atoms with Crippen LogP contribution in [0.3, 0.4) is 0 Å². The zero-order chi connectivity index (χ0) is 30.0.